The van der Waals surface area contributed by atoms with Crippen molar-refractivity contribution in [2.75, 3.05) is 7.11 Å². The van der Waals surface area contributed by atoms with Gasteiger partial charge >= 0.3 is 0 Å². The second-order valence-corrected chi connectivity index (χ2v) is 4.50. The molecule has 0 unspecified atom stereocenters. The maximum absolute atomic E-state index is 8.93. The summed E-state index contributed by atoms with van der Waals surface area (Å²) in [6, 6.07) is 7.02. The highest BCUT2D eigenvalue weighted by Gasteiger charge is 2.10. The van der Waals surface area contributed by atoms with E-state index >= 15 is 0 Å². The molecule has 6 heteroatoms. The summed E-state index contributed by atoms with van der Waals surface area (Å²) in [6.45, 7) is 4.12. The molecule has 0 atom stereocenters. The number of ether oxygens (including phenoxy) is 2. The van der Waals surface area contributed by atoms with Crippen LogP contribution in [0.5, 0.6) is 11.5 Å². The molecule has 0 aliphatic heterocycles. The highest BCUT2D eigenvalue weighted by atomic mass is 16.5. The summed E-state index contributed by atoms with van der Waals surface area (Å²) in [6.07, 6.45) is 0. The van der Waals surface area contributed by atoms with E-state index in [9.17, 15) is 0 Å². The first-order valence-corrected chi connectivity index (χ1v) is 6.17. The number of methoxy groups -OCH3 is 1. The zero-order valence-corrected chi connectivity index (χ0v) is 11.6. The molecule has 0 N–H and O–H groups in total. The summed E-state index contributed by atoms with van der Waals surface area (Å²) in [5.74, 6) is 2.31. The SMILES string of the molecule is COc1cc(C#N)cc(OCc2noc(C(C)C)n2)c1. The van der Waals surface area contributed by atoms with Crippen molar-refractivity contribution in [3.63, 3.8) is 0 Å². The topological polar surface area (TPSA) is 81.2 Å². The van der Waals surface area contributed by atoms with Crippen molar-refractivity contribution in [2.24, 2.45) is 0 Å². The standard InChI is InChI=1S/C14H15N3O3/c1-9(2)14-16-13(17-20-14)8-19-12-5-10(7-15)4-11(6-12)18-3/h4-6,9H,8H2,1-3H3. The molecular weight excluding hydrogens is 258 g/mol. The smallest absolute Gasteiger partial charge is 0.229 e. The molecule has 0 bridgehead atoms. The van der Waals surface area contributed by atoms with Crippen molar-refractivity contribution in [2.45, 2.75) is 26.4 Å². The Labute approximate surface area is 116 Å². The van der Waals surface area contributed by atoms with Crippen molar-refractivity contribution >= 4 is 0 Å². The summed E-state index contributed by atoms with van der Waals surface area (Å²) in [5.41, 5.74) is 0.468. The van der Waals surface area contributed by atoms with Gasteiger partial charge in [0.05, 0.1) is 18.7 Å². The number of nitriles is 1. The molecule has 1 heterocycles. The van der Waals surface area contributed by atoms with Crippen LogP contribution >= 0.6 is 0 Å². The molecule has 0 saturated carbocycles. The second-order valence-electron chi connectivity index (χ2n) is 4.50. The molecule has 1 aromatic heterocycles. The zero-order valence-electron chi connectivity index (χ0n) is 11.6. The molecule has 0 radical (unpaired) electrons. The molecule has 0 amide bonds. The Balaban J connectivity index is 2.08. The van der Waals surface area contributed by atoms with Gasteiger partial charge in [-0.3, -0.25) is 0 Å². The highest BCUT2D eigenvalue weighted by molar-refractivity contribution is 5.43. The van der Waals surface area contributed by atoms with Crippen molar-refractivity contribution in [1.82, 2.24) is 10.1 Å². The fourth-order valence-corrected chi connectivity index (χ4v) is 1.55. The van der Waals surface area contributed by atoms with Gasteiger partial charge < -0.3 is 14.0 Å². The van der Waals surface area contributed by atoms with E-state index in [1.54, 1.807) is 18.2 Å². The van der Waals surface area contributed by atoms with Gasteiger partial charge in [0.1, 0.15) is 11.5 Å². The highest BCUT2D eigenvalue weighted by Crippen LogP contribution is 2.23. The predicted octanol–water partition coefficient (Wildman–Crippen LogP) is 2.65. The monoisotopic (exact) mass is 273 g/mol. The number of nitrogens with zero attached hydrogens (tertiary/aromatic N) is 3. The van der Waals surface area contributed by atoms with Gasteiger partial charge in [-0.05, 0) is 12.1 Å². The van der Waals surface area contributed by atoms with E-state index in [1.165, 1.54) is 7.11 Å². The van der Waals surface area contributed by atoms with E-state index in [2.05, 4.69) is 10.1 Å². The van der Waals surface area contributed by atoms with Crippen LogP contribution in [0.2, 0.25) is 0 Å². The fourth-order valence-electron chi connectivity index (χ4n) is 1.55. The molecular formula is C14H15N3O3. The summed E-state index contributed by atoms with van der Waals surface area (Å²) in [7, 11) is 1.54. The Hall–Kier alpha value is -2.55. The molecule has 0 fully saturated rings. The third kappa shape index (κ3) is 3.26. The number of benzene rings is 1. The lowest BCUT2D eigenvalue weighted by atomic mass is 10.2. The van der Waals surface area contributed by atoms with Gasteiger partial charge in [0.15, 0.2) is 6.61 Å². The van der Waals surface area contributed by atoms with Gasteiger partial charge in [0, 0.05) is 12.0 Å². The van der Waals surface area contributed by atoms with Crippen LogP contribution in [0.1, 0.15) is 37.0 Å². The summed E-state index contributed by atoms with van der Waals surface area (Å²) in [4.78, 5) is 4.21. The molecule has 0 saturated heterocycles. The average molecular weight is 273 g/mol. The molecule has 6 nitrogen and oxygen atoms in total. The number of aromatic nitrogens is 2. The molecule has 104 valence electrons. The maximum atomic E-state index is 8.93. The number of hydrogen-bond acceptors (Lipinski definition) is 6. The first-order chi connectivity index (χ1) is 9.62. The van der Waals surface area contributed by atoms with Crippen LogP contribution in [0.3, 0.4) is 0 Å². The number of rotatable bonds is 5. The van der Waals surface area contributed by atoms with E-state index in [0.29, 0.717) is 28.8 Å². The number of hydrogen-bond donors (Lipinski definition) is 0. The molecule has 2 aromatic rings. The lowest BCUT2D eigenvalue weighted by Gasteiger charge is -2.06. The largest absolute Gasteiger partial charge is 0.497 e. The van der Waals surface area contributed by atoms with E-state index in [0.717, 1.165) is 0 Å². The third-order valence-corrected chi connectivity index (χ3v) is 2.59. The van der Waals surface area contributed by atoms with E-state index < -0.39 is 0 Å². The lowest BCUT2D eigenvalue weighted by molar-refractivity contribution is 0.282. The quantitative estimate of drug-likeness (QED) is 0.833. The molecule has 2 rings (SSSR count). The van der Waals surface area contributed by atoms with E-state index in [1.807, 2.05) is 19.9 Å². The third-order valence-electron chi connectivity index (χ3n) is 2.59. The van der Waals surface area contributed by atoms with Crippen molar-refractivity contribution in [3.05, 3.63) is 35.5 Å². The van der Waals surface area contributed by atoms with Crippen LogP contribution in [-0.4, -0.2) is 17.3 Å². The molecule has 20 heavy (non-hydrogen) atoms. The normalized spacial score (nSPS) is 10.3. The minimum Gasteiger partial charge on any atom is -0.497 e. The van der Waals surface area contributed by atoms with Crippen molar-refractivity contribution < 1.29 is 14.0 Å². The van der Waals surface area contributed by atoms with Gasteiger partial charge in [-0.15, -0.1) is 0 Å². The Bertz CT molecular complexity index is 629. The Morgan fingerprint density at radius 2 is 2.05 bits per heavy atom. The Morgan fingerprint density at radius 3 is 2.65 bits per heavy atom. The van der Waals surface area contributed by atoms with Crippen molar-refractivity contribution in [3.8, 4) is 17.6 Å². The minimum atomic E-state index is 0.175. The van der Waals surface area contributed by atoms with Gasteiger partial charge in [-0.2, -0.15) is 10.2 Å². The first kappa shape index (κ1) is 13.9. The maximum Gasteiger partial charge on any atom is 0.229 e. The Morgan fingerprint density at radius 1 is 1.30 bits per heavy atom. The van der Waals surface area contributed by atoms with Crippen LogP contribution in [0.25, 0.3) is 0 Å². The summed E-state index contributed by atoms with van der Waals surface area (Å²) in [5, 5.41) is 12.8. The zero-order chi connectivity index (χ0) is 14.5. The van der Waals surface area contributed by atoms with Crippen LogP contribution in [0, 0.1) is 11.3 Å². The molecule has 0 spiro atoms. The Kier molecular flexibility index (Phi) is 4.20. The van der Waals surface area contributed by atoms with Gasteiger partial charge in [0.25, 0.3) is 0 Å². The van der Waals surface area contributed by atoms with E-state index in [4.69, 9.17) is 19.3 Å². The van der Waals surface area contributed by atoms with Crippen LogP contribution in [0.15, 0.2) is 22.7 Å². The summed E-state index contributed by atoms with van der Waals surface area (Å²) >= 11 is 0. The molecule has 1 aromatic carbocycles. The van der Waals surface area contributed by atoms with Crippen molar-refractivity contribution in [1.29, 1.82) is 5.26 Å². The van der Waals surface area contributed by atoms with Crippen LogP contribution < -0.4 is 9.47 Å². The summed E-state index contributed by atoms with van der Waals surface area (Å²) < 4.78 is 15.7. The van der Waals surface area contributed by atoms with Gasteiger partial charge in [-0.1, -0.05) is 19.0 Å². The molecule has 0 aliphatic carbocycles. The lowest BCUT2D eigenvalue weighted by Crippen LogP contribution is -1.99. The van der Waals surface area contributed by atoms with Crippen LogP contribution in [-0.2, 0) is 6.61 Å². The van der Waals surface area contributed by atoms with Crippen LogP contribution in [0.4, 0.5) is 0 Å². The fraction of sp³-hybridized carbons (Fsp3) is 0.357. The second kappa shape index (κ2) is 6.06. The van der Waals surface area contributed by atoms with Gasteiger partial charge in [0.2, 0.25) is 11.7 Å². The average Bonchev–Trinajstić information content (AvgIpc) is 2.93. The predicted molar refractivity (Wildman–Crippen MR) is 70.4 cm³/mol. The minimum absolute atomic E-state index is 0.175. The first-order valence-electron chi connectivity index (χ1n) is 6.17. The van der Waals surface area contributed by atoms with Gasteiger partial charge in [-0.25, -0.2) is 0 Å². The van der Waals surface area contributed by atoms with E-state index in [-0.39, 0.29) is 12.5 Å². The molecule has 0 aliphatic rings.